The van der Waals surface area contributed by atoms with E-state index in [0.717, 1.165) is 0 Å². The summed E-state index contributed by atoms with van der Waals surface area (Å²) >= 11 is 0. The summed E-state index contributed by atoms with van der Waals surface area (Å²) < 4.78 is 37.5. The smallest absolute Gasteiger partial charge is 0.311 e. The quantitative estimate of drug-likeness (QED) is 0.150. The highest BCUT2D eigenvalue weighted by molar-refractivity contribution is 5.73. The van der Waals surface area contributed by atoms with E-state index in [1.807, 2.05) is 18.7 Å². The molecule has 4 N–H and O–H groups in total. The van der Waals surface area contributed by atoms with Crippen molar-refractivity contribution in [2.24, 2.45) is 17.8 Å². The second-order valence-electron chi connectivity index (χ2n) is 17.5. The Morgan fingerprint density at radius 3 is 2.15 bits per heavy atom. The first-order chi connectivity index (χ1) is 25.3. The first-order valence-electron chi connectivity index (χ1n) is 19.7. The van der Waals surface area contributed by atoms with Crippen LogP contribution in [-0.4, -0.2) is 166 Å². The van der Waals surface area contributed by atoms with Gasteiger partial charge in [0.2, 0.25) is 0 Å². The van der Waals surface area contributed by atoms with Crippen molar-refractivity contribution in [1.82, 2.24) is 9.80 Å². The molecule has 0 spiro atoms. The fraction of sp³-hybridized carbons (Fsp3) is 0.974. The van der Waals surface area contributed by atoms with Crippen molar-refractivity contribution >= 4 is 5.97 Å². The minimum Gasteiger partial charge on any atom is -0.459 e. The van der Waals surface area contributed by atoms with Crippen molar-refractivity contribution in [3.05, 3.63) is 10.1 Å². The summed E-state index contributed by atoms with van der Waals surface area (Å²) in [6, 6.07) is -1.08. The molecule has 3 heterocycles. The molecule has 3 fully saturated rings. The molecule has 0 amide bonds. The Bertz CT molecular complexity index is 1260. The van der Waals surface area contributed by atoms with Crippen molar-refractivity contribution in [2.45, 2.75) is 185 Å². The van der Waals surface area contributed by atoms with E-state index in [1.54, 1.807) is 74.5 Å². The topological polar surface area (TPSA) is 212 Å². The van der Waals surface area contributed by atoms with Crippen molar-refractivity contribution in [3.8, 4) is 0 Å². The number of ether oxygens (including phenoxy) is 6. The van der Waals surface area contributed by atoms with Gasteiger partial charge in [-0.2, -0.15) is 0 Å². The average molecular weight is 794 g/mol. The molecule has 0 aliphatic carbocycles. The molecule has 1 unspecified atom stereocenters. The van der Waals surface area contributed by atoms with Gasteiger partial charge in [-0.1, -0.05) is 20.8 Å². The molecule has 3 rings (SSSR count). The second-order valence-corrected chi connectivity index (χ2v) is 17.5. The van der Waals surface area contributed by atoms with Gasteiger partial charge in [0.05, 0.1) is 41.5 Å². The van der Waals surface area contributed by atoms with Crippen LogP contribution in [0.15, 0.2) is 0 Å². The number of hydrogen-bond acceptors (Lipinski definition) is 16. The maximum absolute atomic E-state index is 14.3. The molecule has 0 aromatic heterocycles. The van der Waals surface area contributed by atoms with Gasteiger partial charge in [0.15, 0.2) is 18.7 Å². The number of hydrogen-bond donors (Lipinski definition) is 4. The number of carbonyl (C=O) groups excluding carboxylic acids is 1. The number of esters is 1. The molecule has 0 radical (unpaired) electrons. The third-order valence-electron chi connectivity index (χ3n) is 12.4. The van der Waals surface area contributed by atoms with Crippen molar-refractivity contribution in [1.29, 1.82) is 0 Å². The Balaban J connectivity index is 2.23. The van der Waals surface area contributed by atoms with Crippen LogP contribution in [0, 0.1) is 27.9 Å². The van der Waals surface area contributed by atoms with Gasteiger partial charge in [0.25, 0.3) is 5.09 Å². The summed E-state index contributed by atoms with van der Waals surface area (Å²) in [4.78, 5) is 35.0. The highest BCUT2D eigenvalue weighted by Crippen LogP contribution is 2.40. The van der Waals surface area contributed by atoms with Gasteiger partial charge >= 0.3 is 5.97 Å². The molecule has 0 aromatic carbocycles. The zero-order valence-corrected chi connectivity index (χ0v) is 35.4. The fourth-order valence-corrected chi connectivity index (χ4v) is 8.93. The van der Waals surface area contributed by atoms with E-state index in [-0.39, 0.29) is 25.2 Å². The number of likely N-dealkylation sites (N-methyl/N-ethyl adjacent to an activating group) is 2. The summed E-state index contributed by atoms with van der Waals surface area (Å²) in [5, 5.41) is 57.7. The molecule has 17 nitrogen and oxygen atoms in total. The van der Waals surface area contributed by atoms with E-state index in [4.69, 9.17) is 33.3 Å². The van der Waals surface area contributed by atoms with E-state index in [0.29, 0.717) is 13.0 Å². The zero-order chi connectivity index (χ0) is 42.0. The van der Waals surface area contributed by atoms with Gasteiger partial charge in [-0.15, -0.1) is 10.1 Å². The molecule has 55 heavy (non-hydrogen) atoms. The third kappa shape index (κ3) is 11.0. The number of nitrogens with zero attached hydrogens (tertiary/aromatic N) is 3. The normalized spacial score (nSPS) is 47.4. The van der Waals surface area contributed by atoms with Crippen LogP contribution in [-0.2, 0) is 38.1 Å². The molecule has 3 aliphatic heterocycles. The Labute approximate surface area is 326 Å². The third-order valence-corrected chi connectivity index (χ3v) is 12.4. The SMILES string of the molecule is CC[C@H]1OC(=O)[C@H](C)[C@@H](O[C@H]2C[C@@](C)(OC)[C@@H](O)[C@H](C)O2)[C@H](C)[C@@H](O[C@@H]2O[C@H](C)CC(N(C)C)[C@H]2O[N+](=O)[O-])[C@](C)(O)C[C@@H](C)CN(C)[C@H](C)[C@@H](O)[C@]1(C)O. The Morgan fingerprint density at radius 1 is 0.982 bits per heavy atom. The number of aliphatic hydroxyl groups is 4. The molecule has 18 atom stereocenters. The van der Waals surface area contributed by atoms with E-state index in [1.165, 1.54) is 14.0 Å². The number of methoxy groups -OCH3 is 1. The largest absolute Gasteiger partial charge is 0.459 e. The molecule has 0 saturated carbocycles. The number of carbonyl (C=O) groups is 1. The molecule has 0 bridgehead atoms. The Kier molecular flexibility index (Phi) is 16.3. The summed E-state index contributed by atoms with van der Waals surface area (Å²) in [5.41, 5.74) is -4.60. The lowest BCUT2D eigenvalue weighted by molar-refractivity contribution is -0.775. The first kappa shape index (κ1) is 47.6. The van der Waals surface area contributed by atoms with Crippen LogP contribution < -0.4 is 0 Å². The molecule has 322 valence electrons. The highest BCUT2D eigenvalue weighted by atomic mass is 17.0. The standard InChI is InChI=1S/C38H71N3O14/c1-15-27-38(10,46)31(42)24(6)40(13)19-20(2)17-36(8,45)33(54-35-30(55-41(47)48)26(39(11)12)16-21(3)50-35)22(4)29(23(5)34(44)52-27)53-28-18-37(9,49-14)32(43)25(7)51-28/h20-33,35,42-43,45-46H,15-19H2,1-14H3/t20-,21-,22+,23-,24-,25+,26?,27-,28+,29+,30-,31-,32+,33-,35+,36-,37-,38-/m1/s1. The number of aliphatic hydroxyl groups excluding tert-OH is 2. The monoisotopic (exact) mass is 793 g/mol. The van der Waals surface area contributed by atoms with E-state index < -0.39 is 113 Å². The van der Waals surface area contributed by atoms with E-state index >= 15 is 0 Å². The molecule has 3 aliphatic rings. The van der Waals surface area contributed by atoms with Crippen LogP contribution >= 0.6 is 0 Å². The van der Waals surface area contributed by atoms with Crippen molar-refractivity contribution in [2.75, 3.05) is 34.8 Å². The van der Waals surface area contributed by atoms with Crippen LogP contribution in [0.3, 0.4) is 0 Å². The van der Waals surface area contributed by atoms with Gasteiger partial charge in [0, 0.05) is 38.1 Å². The molecular formula is C38H71N3O14. The lowest BCUT2D eigenvalue weighted by Crippen LogP contribution is -2.61. The predicted octanol–water partition coefficient (Wildman–Crippen LogP) is 2.12. The molecule has 0 aromatic rings. The maximum atomic E-state index is 14.3. The summed E-state index contributed by atoms with van der Waals surface area (Å²) in [6.07, 6.45) is -9.58. The second kappa shape index (κ2) is 18.9. The average Bonchev–Trinajstić information content (AvgIpc) is 3.08. The molecule has 3 saturated heterocycles. The minimum absolute atomic E-state index is 0.0776. The van der Waals surface area contributed by atoms with Crippen LogP contribution in [0.25, 0.3) is 0 Å². The summed E-state index contributed by atoms with van der Waals surface area (Å²) in [5.74, 6) is -2.93. The van der Waals surface area contributed by atoms with Gasteiger partial charge < -0.3 is 63.5 Å². The van der Waals surface area contributed by atoms with E-state index in [2.05, 4.69) is 0 Å². The summed E-state index contributed by atoms with van der Waals surface area (Å²) in [7, 11) is 6.84. The highest BCUT2D eigenvalue weighted by Gasteiger charge is 2.53. The predicted molar refractivity (Wildman–Crippen MR) is 200 cm³/mol. The van der Waals surface area contributed by atoms with Crippen LogP contribution in [0.2, 0.25) is 0 Å². The maximum Gasteiger partial charge on any atom is 0.311 e. The number of cyclic esters (lactones) is 1. The van der Waals surface area contributed by atoms with E-state index in [9.17, 15) is 35.3 Å². The van der Waals surface area contributed by atoms with Crippen LogP contribution in [0.1, 0.15) is 94.9 Å². The van der Waals surface area contributed by atoms with Crippen molar-refractivity contribution in [3.63, 3.8) is 0 Å². The van der Waals surface area contributed by atoms with Crippen molar-refractivity contribution < 1.29 is 63.6 Å². The lowest BCUT2D eigenvalue weighted by Gasteiger charge is -2.49. The van der Waals surface area contributed by atoms with Crippen LogP contribution in [0.5, 0.6) is 0 Å². The van der Waals surface area contributed by atoms with Gasteiger partial charge in [0.1, 0.15) is 23.9 Å². The Morgan fingerprint density at radius 2 is 1.60 bits per heavy atom. The lowest BCUT2D eigenvalue weighted by atomic mass is 9.77. The van der Waals surface area contributed by atoms with Gasteiger partial charge in [-0.3, -0.25) is 4.79 Å². The van der Waals surface area contributed by atoms with Crippen LogP contribution in [0.4, 0.5) is 0 Å². The fourth-order valence-electron chi connectivity index (χ4n) is 8.93. The molecule has 17 heteroatoms. The summed E-state index contributed by atoms with van der Waals surface area (Å²) in [6.45, 7) is 17.5. The molecular weight excluding hydrogens is 722 g/mol. The van der Waals surface area contributed by atoms with Gasteiger partial charge in [-0.05, 0) is 94.8 Å². The first-order valence-corrected chi connectivity index (χ1v) is 19.7. The van der Waals surface area contributed by atoms with Gasteiger partial charge in [-0.25, -0.2) is 0 Å². The number of rotatable bonds is 9. The Hall–Kier alpha value is -1.77. The zero-order valence-electron chi connectivity index (χ0n) is 35.4. The minimum atomic E-state index is -1.84.